The summed E-state index contributed by atoms with van der Waals surface area (Å²) in [4.78, 5) is 25.3. The van der Waals surface area contributed by atoms with Crippen molar-refractivity contribution in [3.05, 3.63) is 95.1 Å². The predicted octanol–water partition coefficient (Wildman–Crippen LogP) is 3.26. The van der Waals surface area contributed by atoms with Gasteiger partial charge in [-0.3, -0.25) is 4.79 Å². The largest absolute Gasteiger partial charge is 0.480 e. The zero-order valence-electron chi connectivity index (χ0n) is 25.3. The van der Waals surface area contributed by atoms with E-state index in [1.807, 2.05) is 61.5 Å². The number of nitrogens with one attached hydrogen (secondary N) is 2. The van der Waals surface area contributed by atoms with E-state index in [0.29, 0.717) is 30.5 Å². The second-order valence-electron chi connectivity index (χ2n) is 10.8. The van der Waals surface area contributed by atoms with Crippen molar-refractivity contribution in [2.75, 3.05) is 37.9 Å². The molecule has 1 amide bonds. The van der Waals surface area contributed by atoms with E-state index < -0.39 is 43.5 Å². The first-order chi connectivity index (χ1) is 20.8. The van der Waals surface area contributed by atoms with Crippen molar-refractivity contribution in [2.24, 2.45) is 0 Å². The Labute approximate surface area is 260 Å². The van der Waals surface area contributed by atoms with Crippen LogP contribution < -0.4 is 10.6 Å². The van der Waals surface area contributed by atoms with E-state index in [2.05, 4.69) is 10.6 Å². The molecule has 0 saturated carbocycles. The van der Waals surface area contributed by atoms with E-state index >= 15 is 0 Å². The second kappa shape index (κ2) is 15.9. The molecule has 0 aromatic heterocycles. The number of amides is 1. The molecule has 44 heavy (non-hydrogen) atoms. The van der Waals surface area contributed by atoms with Gasteiger partial charge in [0.15, 0.2) is 0 Å². The summed E-state index contributed by atoms with van der Waals surface area (Å²) in [6.07, 6.45) is 1.71. The molecular weight excluding hydrogens is 603 g/mol. The van der Waals surface area contributed by atoms with E-state index in [9.17, 15) is 31.5 Å². The average molecular weight is 644 g/mol. The van der Waals surface area contributed by atoms with Crippen LogP contribution in [0, 0.1) is 6.92 Å². The van der Waals surface area contributed by atoms with E-state index in [1.54, 1.807) is 25.2 Å². The molecule has 3 aromatic rings. The van der Waals surface area contributed by atoms with Crippen molar-refractivity contribution in [1.82, 2.24) is 14.9 Å². The minimum Gasteiger partial charge on any atom is -0.480 e. The number of carboxylic acid groups (broad SMARTS) is 1. The molecule has 0 aliphatic rings. The molecule has 0 saturated heterocycles. The summed E-state index contributed by atoms with van der Waals surface area (Å²) < 4.78 is 51.7. The molecular formula is C32H41N3O7S2. The Hall–Kier alpha value is -3.58. The summed E-state index contributed by atoms with van der Waals surface area (Å²) in [7, 11) is -5.29. The number of rotatable bonds is 17. The Balaban J connectivity index is 1.98. The maximum atomic E-state index is 13.5. The van der Waals surface area contributed by atoms with Gasteiger partial charge in [-0.15, -0.1) is 0 Å². The first-order valence-electron chi connectivity index (χ1n) is 14.4. The maximum Gasteiger partial charge on any atom is 0.326 e. The smallest absolute Gasteiger partial charge is 0.326 e. The van der Waals surface area contributed by atoms with Gasteiger partial charge in [-0.25, -0.2) is 21.6 Å². The standard InChI is InChI=1S/C32H41N3O7S2/c1-24-10-7-8-13-27(24)29-22-26(14-15-28(29)31(36)34-30(32(37)38)17-21-43(3,39)40)23-35(44(41,42)20-9-18-33-2)19-16-25-11-5-4-6-12-25/h4-8,10-15,22,30,33H,9,16-21,23H2,1-3H3,(H,34,36)(H,37,38)/t30-/m0/s1. The van der Waals surface area contributed by atoms with Gasteiger partial charge in [-0.05, 0) is 79.7 Å². The molecule has 3 rings (SSSR count). The summed E-state index contributed by atoms with van der Waals surface area (Å²) in [5, 5.41) is 15.1. The molecule has 0 aliphatic carbocycles. The Bertz CT molecular complexity index is 1640. The minimum absolute atomic E-state index is 0.0160. The highest BCUT2D eigenvalue weighted by Gasteiger charge is 2.26. The van der Waals surface area contributed by atoms with Crippen LogP contribution in [-0.4, -0.2) is 82.1 Å². The molecule has 1 atom stereocenters. The SMILES string of the molecule is CNCCCS(=O)(=O)N(CCc1ccccc1)Cc1ccc(C(=O)N[C@@H](CCS(C)(=O)=O)C(=O)O)c(-c2ccccc2C)c1. The van der Waals surface area contributed by atoms with E-state index in [-0.39, 0.29) is 30.8 Å². The zero-order valence-corrected chi connectivity index (χ0v) is 27.0. The van der Waals surface area contributed by atoms with Gasteiger partial charge in [0.1, 0.15) is 15.9 Å². The lowest BCUT2D eigenvalue weighted by molar-refractivity contribution is -0.139. The highest BCUT2D eigenvalue weighted by atomic mass is 32.2. The molecule has 3 N–H and O–H groups in total. The Kier molecular flexibility index (Phi) is 12.6. The third-order valence-corrected chi connectivity index (χ3v) is 10.1. The van der Waals surface area contributed by atoms with Gasteiger partial charge in [-0.1, -0.05) is 60.7 Å². The number of sulfone groups is 1. The highest BCUT2D eigenvalue weighted by Crippen LogP contribution is 2.29. The molecule has 0 unspecified atom stereocenters. The van der Waals surface area contributed by atoms with Crippen LogP contribution in [0.4, 0.5) is 0 Å². The number of hydrogen-bond donors (Lipinski definition) is 3. The van der Waals surface area contributed by atoms with Crippen LogP contribution in [0.2, 0.25) is 0 Å². The van der Waals surface area contributed by atoms with Crippen LogP contribution in [0.15, 0.2) is 72.8 Å². The summed E-state index contributed by atoms with van der Waals surface area (Å²) in [5.41, 5.74) is 3.99. The third kappa shape index (κ3) is 10.5. The van der Waals surface area contributed by atoms with Crippen LogP contribution in [0.25, 0.3) is 11.1 Å². The summed E-state index contributed by atoms with van der Waals surface area (Å²) >= 11 is 0. The quantitative estimate of drug-likeness (QED) is 0.190. The molecule has 0 heterocycles. The van der Waals surface area contributed by atoms with Crippen molar-refractivity contribution >= 4 is 31.7 Å². The first-order valence-corrected chi connectivity index (χ1v) is 18.0. The number of hydrogen-bond acceptors (Lipinski definition) is 7. The summed E-state index contributed by atoms with van der Waals surface area (Å²) in [6.45, 7) is 2.80. The maximum absolute atomic E-state index is 13.5. The number of benzene rings is 3. The number of aryl methyl sites for hydroxylation is 1. The Morgan fingerprint density at radius 2 is 1.57 bits per heavy atom. The van der Waals surface area contributed by atoms with Gasteiger partial charge >= 0.3 is 5.97 Å². The number of carbonyl (C=O) groups excluding carboxylic acids is 1. The van der Waals surface area contributed by atoms with Crippen molar-refractivity contribution in [1.29, 1.82) is 0 Å². The first kappa shape index (κ1) is 34.9. The normalized spacial score (nSPS) is 12.6. The monoisotopic (exact) mass is 643 g/mol. The molecule has 0 fully saturated rings. The second-order valence-corrected chi connectivity index (χ2v) is 15.2. The lowest BCUT2D eigenvalue weighted by Gasteiger charge is -2.23. The Morgan fingerprint density at radius 3 is 2.20 bits per heavy atom. The fourth-order valence-electron chi connectivity index (χ4n) is 4.79. The number of carbonyl (C=O) groups is 2. The Morgan fingerprint density at radius 1 is 0.886 bits per heavy atom. The summed E-state index contributed by atoms with van der Waals surface area (Å²) in [6, 6.07) is 20.6. The fraction of sp³-hybridized carbons (Fsp3) is 0.375. The number of carboxylic acids is 1. The van der Waals surface area contributed by atoms with Gasteiger partial charge in [0.25, 0.3) is 5.91 Å². The average Bonchev–Trinajstić information content (AvgIpc) is 2.97. The van der Waals surface area contributed by atoms with Gasteiger partial charge < -0.3 is 15.7 Å². The van der Waals surface area contributed by atoms with E-state index in [1.165, 1.54) is 4.31 Å². The fourth-order valence-corrected chi connectivity index (χ4v) is 6.94. The van der Waals surface area contributed by atoms with Crippen LogP contribution in [-0.2, 0) is 37.6 Å². The molecule has 238 valence electrons. The number of nitrogens with zero attached hydrogens (tertiary/aromatic N) is 1. The molecule has 3 aromatic carbocycles. The van der Waals surface area contributed by atoms with Crippen LogP contribution >= 0.6 is 0 Å². The topological polar surface area (TPSA) is 150 Å². The molecule has 0 aliphatic heterocycles. The van der Waals surface area contributed by atoms with Crippen LogP contribution in [0.3, 0.4) is 0 Å². The van der Waals surface area contributed by atoms with Crippen molar-refractivity contribution in [3.8, 4) is 11.1 Å². The van der Waals surface area contributed by atoms with E-state index in [0.717, 1.165) is 22.9 Å². The molecule has 0 bridgehead atoms. The molecule has 10 nitrogen and oxygen atoms in total. The van der Waals surface area contributed by atoms with Crippen molar-refractivity contribution in [2.45, 2.75) is 38.8 Å². The molecule has 12 heteroatoms. The van der Waals surface area contributed by atoms with Gasteiger partial charge in [0.05, 0.1) is 11.5 Å². The predicted molar refractivity (Wildman–Crippen MR) is 173 cm³/mol. The van der Waals surface area contributed by atoms with Gasteiger partial charge in [0.2, 0.25) is 10.0 Å². The van der Waals surface area contributed by atoms with Crippen LogP contribution in [0.5, 0.6) is 0 Å². The van der Waals surface area contributed by atoms with Crippen LogP contribution in [0.1, 0.15) is 39.9 Å². The minimum atomic E-state index is -3.62. The lowest BCUT2D eigenvalue weighted by atomic mass is 9.93. The number of sulfonamides is 1. The molecule has 0 radical (unpaired) electrons. The van der Waals surface area contributed by atoms with Crippen molar-refractivity contribution < 1.29 is 31.5 Å². The summed E-state index contributed by atoms with van der Waals surface area (Å²) in [5.74, 6) is -2.42. The third-order valence-electron chi connectivity index (χ3n) is 7.22. The van der Waals surface area contributed by atoms with Gasteiger partial charge in [-0.2, -0.15) is 4.31 Å². The van der Waals surface area contributed by atoms with Gasteiger partial charge in [0, 0.05) is 24.9 Å². The lowest BCUT2D eigenvalue weighted by Crippen LogP contribution is -2.42. The number of aliphatic carboxylic acids is 1. The highest BCUT2D eigenvalue weighted by molar-refractivity contribution is 7.90. The zero-order chi connectivity index (χ0) is 32.3. The van der Waals surface area contributed by atoms with E-state index in [4.69, 9.17) is 0 Å². The molecule has 0 spiro atoms. The van der Waals surface area contributed by atoms with Crippen molar-refractivity contribution in [3.63, 3.8) is 0 Å².